The van der Waals surface area contributed by atoms with E-state index in [0.29, 0.717) is 12.2 Å². The van der Waals surface area contributed by atoms with E-state index >= 15 is 0 Å². The van der Waals surface area contributed by atoms with Gasteiger partial charge in [0.05, 0.1) is 12.5 Å². The number of benzene rings is 2. The van der Waals surface area contributed by atoms with Crippen LogP contribution in [0.15, 0.2) is 73.2 Å². The monoisotopic (exact) mass is 291 g/mol. The van der Waals surface area contributed by atoms with Crippen molar-refractivity contribution >= 4 is 5.91 Å². The first-order valence-electron chi connectivity index (χ1n) is 7.13. The summed E-state index contributed by atoms with van der Waals surface area (Å²) in [5.74, 6) is -0.0507. The van der Waals surface area contributed by atoms with E-state index in [4.69, 9.17) is 0 Å². The Morgan fingerprint density at radius 3 is 2.36 bits per heavy atom. The normalized spacial score (nSPS) is 10.4. The van der Waals surface area contributed by atoms with Gasteiger partial charge in [-0.2, -0.15) is 0 Å². The van der Waals surface area contributed by atoms with Crippen LogP contribution in [0.4, 0.5) is 0 Å². The number of imidazole rings is 1. The minimum Gasteiger partial charge on any atom is -0.336 e. The van der Waals surface area contributed by atoms with E-state index in [2.05, 4.69) is 4.98 Å². The number of carbonyl (C=O) groups excluding carboxylic acids is 1. The molecule has 0 fully saturated rings. The Morgan fingerprint density at radius 2 is 1.68 bits per heavy atom. The van der Waals surface area contributed by atoms with Gasteiger partial charge in [-0.25, -0.2) is 4.98 Å². The zero-order chi connectivity index (χ0) is 15.4. The van der Waals surface area contributed by atoms with E-state index in [1.165, 1.54) is 0 Å². The Bertz CT molecular complexity index is 750. The Labute approximate surface area is 129 Å². The van der Waals surface area contributed by atoms with Crippen LogP contribution >= 0.6 is 0 Å². The number of amides is 1. The van der Waals surface area contributed by atoms with Crippen molar-refractivity contribution in [3.63, 3.8) is 0 Å². The number of hydrogen-bond acceptors (Lipinski definition) is 2. The Morgan fingerprint density at radius 1 is 1.05 bits per heavy atom. The second-order valence-electron chi connectivity index (χ2n) is 5.13. The lowest BCUT2D eigenvalue weighted by Gasteiger charge is -2.18. The molecule has 0 atom stereocenters. The van der Waals surface area contributed by atoms with Gasteiger partial charge in [0.25, 0.3) is 5.91 Å². The smallest absolute Gasteiger partial charge is 0.272 e. The highest BCUT2D eigenvalue weighted by Gasteiger charge is 2.17. The van der Waals surface area contributed by atoms with Crippen molar-refractivity contribution in [2.75, 3.05) is 7.05 Å². The first-order valence-corrected chi connectivity index (χ1v) is 7.13. The summed E-state index contributed by atoms with van der Waals surface area (Å²) in [5.41, 5.74) is 2.59. The average molecular weight is 291 g/mol. The highest BCUT2D eigenvalue weighted by atomic mass is 16.2. The highest BCUT2D eigenvalue weighted by Crippen LogP contribution is 2.13. The maximum Gasteiger partial charge on any atom is 0.272 e. The molecule has 1 amide bonds. The molecule has 4 heteroatoms. The number of aromatic nitrogens is 2. The van der Waals surface area contributed by atoms with Crippen LogP contribution in [0.25, 0.3) is 5.69 Å². The van der Waals surface area contributed by atoms with Gasteiger partial charge in [0.1, 0.15) is 5.69 Å². The van der Waals surface area contributed by atoms with Crippen LogP contribution in [0.1, 0.15) is 16.1 Å². The molecular formula is C18H17N3O. The van der Waals surface area contributed by atoms with Crippen molar-refractivity contribution < 1.29 is 4.79 Å². The summed E-state index contributed by atoms with van der Waals surface area (Å²) < 4.78 is 1.81. The lowest BCUT2D eigenvalue weighted by Crippen LogP contribution is -2.27. The van der Waals surface area contributed by atoms with Gasteiger partial charge < -0.3 is 4.90 Å². The molecule has 1 aromatic heterocycles. The largest absolute Gasteiger partial charge is 0.336 e. The summed E-state index contributed by atoms with van der Waals surface area (Å²) in [5, 5.41) is 0. The fraction of sp³-hybridized carbons (Fsp3) is 0.111. The first-order chi connectivity index (χ1) is 10.8. The van der Waals surface area contributed by atoms with E-state index in [-0.39, 0.29) is 5.91 Å². The Kier molecular flexibility index (Phi) is 4.01. The quantitative estimate of drug-likeness (QED) is 0.740. The zero-order valence-corrected chi connectivity index (χ0v) is 12.4. The summed E-state index contributed by atoms with van der Waals surface area (Å²) in [4.78, 5) is 18.5. The Hall–Kier alpha value is -2.88. The van der Waals surface area contributed by atoms with E-state index in [1.54, 1.807) is 24.5 Å². The minimum absolute atomic E-state index is 0.0507. The van der Waals surface area contributed by atoms with Crippen molar-refractivity contribution in [2.24, 2.45) is 0 Å². The van der Waals surface area contributed by atoms with Crippen LogP contribution in [-0.4, -0.2) is 27.4 Å². The van der Waals surface area contributed by atoms with Gasteiger partial charge in [0.15, 0.2) is 0 Å². The maximum atomic E-state index is 12.7. The lowest BCUT2D eigenvalue weighted by molar-refractivity contribution is 0.0777. The van der Waals surface area contributed by atoms with Crippen molar-refractivity contribution in [2.45, 2.75) is 6.54 Å². The summed E-state index contributed by atoms with van der Waals surface area (Å²) in [6.45, 7) is 0.569. The van der Waals surface area contributed by atoms with E-state index < -0.39 is 0 Å². The molecule has 0 saturated heterocycles. The fourth-order valence-electron chi connectivity index (χ4n) is 2.37. The summed E-state index contributed by atoms with van der Waals surface area (Å²) in [7, 11) is 1.80. The van der Waals surface area contributed by atoms with Gasteiger partial charge in [-0.15, -0.1) is 0 Å². The molecule has 110 valence electrons. The number of carbonyl (C=O) groups is 1. The van der Waals surface area contributed by atoms with Crippen LogP contribution in [0.3, 0.4) is 0 Å². The van der Waals surface area contributed by atoms with Crippen LogP contribution < -0.4 is 0 Å². The first kappa shape index (κ1) is 14.1. The highest BCUT2D eigenvalue weighted by molar-refractivity contribution is 5.92. The third-order valence-corrected chi connectivity index (χ3v) is 3.50. The van der Waals surface area contributed by atoms with Crippen molar-refractivity contribution in [1.29, 1.82) is 0 Å². The van der Waals surface area contributed by atoms with Crippen molar-refractivity contribution in [3.05, 3.63) is 84.4 Å². The SMILES string of the molecule is CN(Cc1ccccc1)C(=O)c1cncn1-c1ccccc1. The standard InChI is InChI=1S/C18H17N3O/c1-20(13-15-8-4-2-5-9-15)18(22)17-12-19-14-21(17)16-10-6-3-7-11-16/h2-12,14H,13H2,1H3. The van der Waals surface area contributed by atoms with Crippen LogP contribution in [0.5, 0.6) is 0 Å². The van der Waals surface area contributed by atoms with E-state index in [0.717, 1.165) is 11.3 Å². The predicted octanol–water partition coefficient (Wildman–Crippen LogP) is 3.14. The van der Waals surface area contributed by atoms with Gasteiger partial charge in [-0.3, -0.25) is 9.36 Å². The molecule has 22 heavy (non-hydrogen) atoms. The van der Waals surface area contributed by atoms with Gasteiger partial charge in [-0.1, -0.05) is 48.5 Å². The zero-order valence-electron chi connectivity index (χ0n) is 12.4. The van der Waals surface area contributed by atoms with Gasteiger partial charge in [0, 0.05) is 19.3 Å². The minimum atomic E-state index is -0.0507. The van der Waals surface area contributed by atoms with Crippen LogP contribution in [0.2, 0.25) is 0 Å². The molecule has 1 heterocycles. The van der Waals surface area contributed by atoms with Crippen molar-refractivity contribution in [3.8, 4) is 5.69 Å². The second kappa shape index (κ2) is 6.26. The molecule has 2 aromatic carbocycles. The molecule has 0 aliphatic carbocycles. The molecule has 0 N–H and O–H groups in total. The summed E-state index contributed by atoms with van der Waals surface area (Å²) in [6.07, 6.45) is 3.27. The molecule has 4 nitrogen and oxygen atoms in total. The molecule has 0 bridgehead atoms. The molecule has 0 spiro atoms. The average Bonchev–Trinajstić information content (AvgIpc) is 3.05. The van der Waals surface area contributed by atoms with E-state index in [1.807, 2.05) is 65.2 Å². The van der Waals surface area contributed by atoms with Gasteiger partial charge >= 0.3 is 0 Å². The fourth-order valence-corrected chi connectivity index (χ4v) is 2.37. The molecule has 0 radical (unpaired) electrons. The predicted molar refractivity (Wildman–Crippen MR) is 85.8 cm³/mol. The third-order valence-electron chi connectivity index (χ3n) is 3.50. The number of hydrogen-bond donors (Lipinski definition) is 0. The van der Waals surface area contributed by atoms with E-state index in [9.17, 15) is 4.79 Å². The van der Waals surface area contributed by atoms with Crippen LogP contribution in [-0.2, 0) is 6.54 Å². The van der Waals surface area contributed by atoms with Crippen LogP contribution in [0, 0.1) is 0 Å². The molecule has 0 aliphatic heterocycles. The second-order valence-corrected chi connectivity index (χ2v) is 5.13. The molecule has 3 aromatic rings. The number of nitrogens with zero attached hydrogens (tertiary/aromatic N) is 3. The molecule has 0 unspecified atom stereocenters. The lowest BCUT2D eigenvalue weighted by atomic mass is 10.2. The third kappa shape index (κ3) is 2.91. The molecule has 0 saturated carbocycles. The molecule has 0 aliphatic rings. The summed E-state index contributed by atoms with van der Waals surface area (Å²) in [6, 6.07) is 19.7. The molecular weight excluding hydrogens is 274 g/mol. The topological polar surface area (TPSA) is 38.1 Å². The number of rotatable bonds is 4. The molecule has 3 rings (SSSR count). The van der Waals surface area contributed by atoms with Crippen molar-refractivity contribution in [1.82, 2.24) is 14.5 Å². The van der Waals surface area contributed by atoms with Gasteiger partial charge in [-0.05, 0) is 17.7 Å². The van der Waals surface area contributed by atoms with Gasteiger partial charge in [0.2, 0.25) is 0 Å². The number of para-hydroxylation sites is 1. The summed E-state index contributed by atoms with van der Waals surface area (Å²) >= 11 is 0. The Balaban J connectivity index is 1.83. The maximum absolute atomic E-state index is 12.7.